The number of amides is 1. The van der Waals surface area contributed by atoms with Crippen LogP contribution in [0.25, 0.3) is 0 Å². The molecule has 2 aromatic heterocycles. The van der Waals surface area contributed by atoms with E-state index in [1.54, 1.807) is 7.11 Å². The highest BCUT2D eigenvalue weighted by molar-refractivity contribution is 5.78. The van der Waals surface area contributed by atoms with Crippen molar-refractivity contribution in [1.82, 2.24) is 29.5 Å². The number of nitrogens with zero attached hydrogens (tertiary/aromatic N) is 5. The standard InChI is InChI=1S/C19H30N6O2/c1-14(2)25-12-16(10-21-25)11-23-6-7-24-13-17(22-19(24)15(23)3)9-18(26)20-5-8-27-4/h10,12-15H,5-9,11H2,1-4H3,(H,20,26)/t15-/m1/s1. The number of ether oxygens (including phenoxy) is 1. The smallest absolute Gasteiger partial charge is 0.226 e. The van der Waals surface area contributed by atoms with E-state index in [1.165, 1.54) is 5.56 Å². The molecule has 8 nitrogen and oxygen atoms in total. The van der Waals surface area contributed by atoms with Crippen LogP contribution >= 0.6 is 0 Å². The maximum absolute atomic E-state index is 12.0. The Labute approximate surface area is 160 Å². The lowest BCUT2D eigenvalue weighted by atomic mass is 10.2. The molecule has 1 aliphatic rings. The molecule has 0 saturated heterocycles. The van der Waals surface area contributed by atoms with Crippen molar-refractivity contribution in [2.45, 2.75) is 52.4 Å². The number of methoxy groups -OCH3 is 1. The fourth-order valence-electron chi connectivity index (χ4n) is 3.39. The van der Waals surface area contributed by atoms with Gasteiger partial charge in [-0.15, -0.1) is 0 Å². The van der Waals surface area contributed by atoms with Gasteiger partial charge in [-0.2, -0.15) is 5.10 Å². The van der Waals surface area contributed by atoms with Gasteiger partial charge < -0.3 is 14.6 Å². The van der Waals surface area contributed by atoms with Crippen molar-refractivity contribution in [3.05, 3.63) is 35.7 Å². The van der Waals surface area contributed by atoms with Gasteiger partial charge in [-0.05, 0) is 20.8 Å². The minimum absolute atomic E-state index is 0.0203. The summed E-state index contributed by atoms with van der Waals surface area (Å²) in [7, 11) is 1.62. The third-order valence-corrected chi connectivity index (χ3v) is 4.95. The van der Waals surface area contributed by atoms with Crippen LogP contribution in [0.2, 0.25) is 0 Å². The van der Waals surface area contributed by atoms with Gasteiger partial charge in [0.1, 0.15) is 5.82 Å². The summed E-state index contributed by atoms with van der Waals surface area (Å²) in [5.74, 6) is 1.00. The van der Waals surface area contributed by atoms with Crippen LogP contribution < -0.4 is 5.32 Å². The predicted molar refractivity (Wildman–Crippen MR) is 102 cm³/mol. The van der Waals surface area contributed by atoms with Crippen LogP contribution in [0.3, 0.4) is 0 Å². The molecule has 0 fully saturated rings. The van der Waals surface area contributed by atoms with Crippen molar-refractivity contribution in [1.29, 1.82) is 0 Å². The lowest BCUT2D eigenvalue weighted by molar-refractivity contribution is -0.120. The molecule has 1 aliphatic heterocycles. The quantitative estimate of drug-likeness (QED) is 0.710. The average molecular weight is 374 g/mol. The number of rotatable bonds is 8. The molecule has 8 heteroatoms. The molecule has 3 rings (SSSR count). The van der Waals surface area contributed by atoms with E-state index in [9.17, 15) is 4.79 Å². The van der Waals surface area contributed by atoms with Gasteiger partial charge in [0.15, 0.2) is 0 Å². The Balaban J connectivity index is 1.62. The fourth-order valence-corrected chi connectivity index (χ4v) is 3.39. The molecule has 0 unspecified atom stereocenters. The Morgan fingerprint density at radius 3 is 2.89 bits per heavy atom. The molecule has 1 atom stereocenters. The first kappa shape index (κ1) is 19.6. The molecule has 148 valence electrons. The van der Waals surface area contributed by atoms with Crippen LogP contribution in [0.15, 0.2) is 18.6 Å². The lowest BCUT2D eigenvalue weighted by Gasteiger charge is -2.33. The molecule has 1 N–H and O–H groups in total. The highest BCUT2D eigenvalue weighted by Crippen LogP contribution is 2.26. The first-order valence-electron chi connectivity index (χ1n) is 9.56. The summed E-state index contributed by atoms with van der Waals surface area (Å²) in [6, 6.07) is 0.570. The van der Waals surface area contributed by atoms with Crippen LogP contribution in [-0.4, -0.2) is 56.9 Å². The third-order valence-electron chi connectivity index (χ3n) is 4.95. The maximum Gasteiger partial charge on any atom is 0.226 e. The van der Waals surface area contributed by atoms with E-state index in [1.807, 2.05) is 17.1 Å². The zero-order valence-corrected chi connectivity index (χ0v) is 16.7. The van der Waals surface area contributed by atoms with Crippen LogP contribution in [0.1, 0.15) is 49.9 Å². The van der Waals surface area contributed by atoms with E-state index in [0.29, 0.717) is 25.6 Å². The summed E-state index contributed by atoms with van der Waals surface area (Å²) < 4.78 is 9.12. The van der Waals surface area contributed by atoms with Gasteiger partial charge in [0, 0.05) is 57.3 Å². The molecular weight excluding hydrogens is 344 g/mol. The lowest BCUT2D eigenvalue weighted by Crippen LogP contribution is -2.36. The van der Waals surface area contributed by atoms with Crippen molar-refractivity contribution < 1.29 is 9.53 Å². The van der Waals surface area contributed by atoms with Crippen LogP contribution in [-0.2, 0) is 29.0 Å². The Hall–Kier alpha value is -2.19. The molecule has 0 radical (unpaired) electrons. The largest absolute Gasteiger partial charge is 0.383 e. The third kappa shape index (κ3) is 4.75. The van der Waals surface area contributed by atoms with Gasteiger partial charge in [0.2, 0.25) is 5.91 Å². The van der Waals surface area contributed by atoms with E-state index >= 15 is 0 Å². The minimum Gasteiger partial charge on any atom is -0.383 e. The summed E-state index contributed by atoms with van der Waals surface area (Å²) in [5, 5.41) is 7.28. The van der Waals surface area contributed by atoms with Crippen molar-refractivity contribution >= 4 is 5.91 Å². The monoisotopic (exact) mass is 374 g/mol. The molecule has 0 spiro atoms. The van der Waals surface area contributed by atoms with Gasteiger partial charge in [0.25, 0.3) is 0 Å². The number of fused-ring (bicyclic) bond motifs is 1. The average Bonchev–Trinajstić information content (AvgIpc) is 3.25. The first-order valence-corrected chi connectivity index (χ1v) is 9.56. The molecule has 0 saturated carbocycles. The Kier molecular flexibility index (Phi) is 6.28. The van der Waals surface area contributed by atoms with E-state index in [4.69, 9.17) is 9.72 Å². The summed E-state index contributed by atoms with van der Waals surface area (Å²) in [5.41, 5.74) is 2.04. The number of hydrogen-bond acceptors (Lipinski definition) is 5. The fraction of sp³-hybridized carbons (Fsp3) is 0.632. The van der Waals surface area contributed by atoms with Crippen molar-refractivity contribution in [2.75, 3.05) is 26.8 Å². The van der Waals surface area contributed by atoms with Gasteiger partial charge >= 0.3 is 0 Å². The van der Waals surface area contributed by atoms with E-state index in [2.05, 4.69) is 46.9 Å². The second-order valence-electron chi connectivity index (χ2n) is 7.37. The molecule has 2 aromatic rings. The molecule has 3 heterocycles. The molecule has 0 aromatic carbocycles. The van der Waals surface area contributed by atoms with E-state index in [-0.39, 0.29) is 11.9 Å². The summed E-state index contributed by atoms with van der Waals surface area (Å²) in [6.07, 6.45) is 6.38. The number of hydrogen-bond donors (Lipinski definition) is 1. The Morgan fingerprint density at radius 1 is 1.37 bits per heavy atom. The zero-order chi connectivity index (χ0) is 19.4. The van der Waals surface area contributed by atoms with Crippen LogP contribution in [0, 0.1) is 0 Å². The van der Waals surface area contributed by atoms with E-state index in [0.717, 1.165) is 31.2 Å². The summed E-state index contributed by atoms with van der Waals surface area (Å²) >= 11 is 0. The van der Waals surface area contributed by atoms with Gasteiger partial charge in [-0.1, -0.05) is 0 Å². The SMILES string of the molecule is COCCNC(=O)Cc1cn2c(n1)[C@@H](C)N(Cc1cnn(C(C)C)c1)CC2. The summed E-state index contributed by atoms with van der Waals surface area (Å²) in [4.78, 5) is 19.2. The Bertz CT molecular complexity index is 766. The zero-order valence-electron chi connectivity index (χ0n) is 16.7. The van der Waals surface area contributed by atoms with Crippen molar-refractivity contribution in [3.63, 3.8) is 0 Å². The predicted octanol–water partition coefficient (Wildman–Crippen LogP) is 1.54. The van der Waals surface area contributed by atoms with E-state index < -0.39 is 0 Å². The van der Waals surface area contributed by atoms with Crippen LogP contribution in [0.4, 0.5) is 0 Å². The topological polar surface area (TPSA) is 77.2 Å². The minimum atomic E-state index is -0.0203. The second-order valence-corrected chi connectivity index (χ2v) is 7.37. The second kappa shape index (κ2) is 8.67. The normalized spacial score (nSPS) is 17.3. The van der Waals surface area contributed by atoms with Crippen molar-refractivity contribution in [3.8, 4) is 0 Å². The van der Waals surface area contributed by atoms with Gasteiger partial charge in [0.05, 0.1) is 31.0 Å². The maximum atomic E-state index is 12.0. The number of carbonyl (C=O) groups excluding carboxylic acids is 1. The number of nitrogens with one attached hydrogen (secondary N) is 1. The molecule has 0 aliphatic carbocycles. The summed E-state index contributed by atoms with van der Waals surface area (Å²) in [6.45, 7) is 10.2. The molecule has 0 bridgehead atoms. The number of imidazole rings is 1. The highest BCUT2D eigenvalue weighted by atomic mass is 16.5. The van der Waals surface area contributed by atoms with Crippen LogP contribution in [0.5, 0.6) is 0 Å². The highest BCUT2D eigenvalue weighted by Gasteiger charge is 2.27. The first-order chi connectivity index (χ1) is 13.0. The number of carbonyl (C=O) groups is 1. The molecular formula is C19H30N6O2. The van der Waals surface area contributed by atoms with Gasteiger partial charge in [-0.3, -0.25) is 14.4 Å². The molecule has 27 heavy (non-hydrogen) atoms. The number of aromatic nitrogens is 4. The molecule has 1 amide bonds. The van der Waals surface area contributed by atoms with Crippen molar-refractivity contribution in [2.24, 2.45) is 0 Å². The van der Waals surface area contributed by atoms with Gasteiger partial charge in [-0.25, -0.2) is 4.98 Å². The Morgan fingerprint density at radius 2 is 2.19 bits per heavy atom.